The Bertz CT molecular complexity index is 860. The molecule has 4 heterocycles. The lowest BCUT2D eigenvalue weighted by Gasteiger charge is -2.02. The second-order valence-electron chi connectivity index (χ2n) is 4.21. The highest BCUT2D eigenvalue weighted by Crippen LogP contribution is 2.41. The topological polar surface area (TPSA) is 41.8 Å². The van der Waals surface area contributed by atoms with E-state index in [-0.39, 0.29) is 0 Å². The standard InChI is InChI=1S/C15H10N2OS2/c1-2-12(16-5-1)10-3-6-18-14(10)11-4-7-20-15(11)13-8-19-9-17-13/h1-9,16H/i4D. The molecule has 0 bridgehead atoms. The molecule has 0 aliphatic rings. The molecule has 0 aromatic carbocycles. The molecule has 0 radical (unpaired) electrons. The van der Waals surface area contributed by atoms with Gasteiger partial charge in [-0.1, -0.05) is 0 Å². The minimum absolute atomic E-state index is 0.464. The third kappa shape index (κ3) is 1.83. The number of aromatic nitrogens is 2. The predicted molar refractivity (Wildman–Crippen MR) is 82.9 cm³/mol. The van der Waals surface area contributed by atoms with Crippen molar-refractivity contribution in [2.75, 3.05) is 0 Å². The number of nitrogens with zero attached hydrogens (tertiary/aromatic N) is 1. The smallest absolute Gasteiger partial charge is 0.144 e. The molecular formula is C15H10N2OS2. The van der Waals surface area contributed by atoms with Gasteiger partial charge in [-0.2, -0.15) is 0 Å². The van der Waals surface area contributed by atoms with Gasteiger partial charge in [-0.15, -0.1) is 22.7 Å². The molecule has 20 heavy (non-hydrogen) atoms. The zero-order valence-corrected chi connectivity index (χ0v) is 11.9. The Morgan fingerprint density at radius 1 is 1.30 bits per heavy atom. The van der Waals surface area contributed by atoms with E-state index in [2.05, 4.69) is 9.97 Å². The predicted octanol–water partition coefficient (Wildman–Crippen LogP) is 5.13. The van der Waals surface area contributed by atoms with Crippen molar-refractivity contribution in [2.24, 2.45) is 0 Å². The Morgan fingerprint density at radius 3 is 3.10 bits per heavy atom. The van der Waals surface area contributed by atoms with Gasteiger partial charge in [0.1, 0.15) is 5.76 Å². The summed E-state index contributed by atoms with van der Waals surface area (Å²) in [5, 5.41) is 3.82. The van der Waals surface area contributed by atoms with E-state index in [1.807, 2.05) is 35.2 Å². The summed E-state index contributed by atoms with van der Waals surface area (Å²) in [4.78, 5) is 8.52. The first-order chi connectivity index (χ1) is 10.3. The quantitative estimate of drug-likeness (QED) is 0.570. The summed E-state index contributed by atoms with van der Waals surface area (Å²) < 4.78 is 13.9. The molecule has 0 amide bonds. The summed E-state index contributed by atoms with van der Waals surface area (Å²) in [6.07, 6.45) is 3.54. The molecule has 3 nitrogen and oxygen atoms in total. The molecule has 0 saturated carbocycles. The van der Waals surface area contributed by atoms with Crippen LogP contribution in [0.4, 0.5) is 0 Å². The molecule has 98 valence electrons. The fourth-order valence-electron chi connectivity index (χ4n) is 2.17. The maximum absolute atomic E-state index is 8.21. The van der Waals surface area contributed by atoms with Crippen molar-refractivity contribution in [2.45, 2.75) is 0 Å². The molecule has 0 saturated heterocycles. The number of nitrogens with one attached hydrogen (secondary N) is 1. The van der Waals surface area contributed by atoms with Crippen molar-refractivity contribution in [1.82, 2.24) is 9.97 Å². The fourth-order valence-corrected chi connectivity index (χ4v) is 3.58. The molecule has 0 aliphatic carbocycles. The van der Waals surface area contributed by atoms with Gasteiger partial charge in [0.15, 0.2) is 0 Å². The lowest BCUT2D eigenvalue weighted by Crippen LogP contribution is -1.81. The molecule has 4 rings (SSSR count). The van der Waals surface area contributed by atoms with Gasteiger partial charge >= 0.3 is 0 Å². The van der Waals surface area contributed by atoms with Crippen molar-refractivity contribution in [3.8, 4) is 33.2 Å². The Balaban J connectivity index is 1.93. The Kier molecular flexibility index (Phi) is 2.54. The normalized spacial score (nSPS) is 11.7. The Morgan fingerprint density at radius 2 is 2.30 bits per heavy atom. The van der Waals surface area contributed by atoms with Crippen LogP contribution in [0.2, 0.25) is 0 Å². The number of hydrogen-bond donors (Lipinski definition) is 1. The zero-order valence-electron chi connectivity index (χ0n) is 11.3. The molecule has 1 N–H and O–H groups in total. The van der Waals surface area contributed by atoms with Crippen LogP contribution in [0.5, 0.6) is 0 Å². The molecule has 4 aromatic heterocycles. The van der Waals surface area contributed by atoms with E-state index in [1.54, 1.807) is 23.1 Å². The zero-order chi connectivity index (χ0) is 14.2. The van der Waals surface area contributed by atoms with Crippen LogP contribution in [-0.2, 0) is 0 Å². The molecule has 0 aliphatic heterocycles. The van der Waals surface area contributed by atoms with Crippen LogP contribution in [0.3, 0.4) is 0 Å². The van der Waals surface area contributed by atoms with Crippen LogP contribution in [0.1, 0.15) is 1.37 Å². The molecule has 4 aromatic rings. The van der Waals surface area contributed by atoms with Crippen LogP contribution in [0, 0.1) is 0 Å². The maximum atomic E-state index is 8.21. The minimum Gasteiger partial charge on any atom is -0.464 e. The summed E-state index contributed by atoms with van der Waals surface area (Å²) >= 11 is 3.07. The number of H-pyrrole nitrogens is 1. The maximum Gasteiger partial charge on any atom is 0.144 e. The Hall–Kier alpha value is -2.11. The summed E-state index contributed by atoms with van der Waals surface area (Å²) in [6.45, 7) is 0. The minimum atomic E-state index is 0.464. The van der Waals surface area contributed by atoms with Gasteiger partial charge in [-0.05, 0) is 29.6 Å². The van der Waals surface area contributed by atoms with Crippen molar-refractivity contribution < 1.29 is 5.79 Å². The monoisotopic (exact) mass is 299 g/mol. The van der Waals surface area contributed by atoms with Gasteiger partial charge in [-0.25, -0.2) is 4.98 Å². The van der Waals surface area contributed by atoms with Crippen molar-refractivity contribution in [3.63, 3.8) is 0 Å². The van der Waals surface area contributed by atoms with Gasteiger partial charge in [-0.3, -0.25) is 0 Å². The van der Waals surface area contributed by atoms with Crippen molar-refractivity contribution >= 4 is 22.7 Å². The second-order valence-corrected chi connectivity index (χ2v) is 5.80. The van der Waals surface area contributed by atoms with E-state index in [1.165, 1.54) is 11.3 Å². The molecule has 0 fully saturated rings. The SMILES string of the molecule is [2H]c1csc(-c2cscn2)c1-c1occc1-c1ccc[nH]1. The molecule has 0 spiro atoms. The third-order valence-corrected chi connectivity index (χ3v) is 4.52. The van der Waals surface area contributed by atoms with Crippen LogP contribution >= 0.6 is 22.7 Å². The van der Waals surface area contributed by atoms with Crippen LogP contribution in [0.15, 0.2) is 57.4 Å². The van der Waals surface area contributed by atoms with E-state index in [4.69, 9.17) is 5.79 Å². The fraction of sp³-hybridized carbons (Fsp3) is 0. The van der Waals surface area contributed by atoms with Gasteiger partial charge in [0.2, 0.25) is 0 Å². The molecular weight excluding hydrogens is 288 g/mol. The van der Waals surface area contributed by atoms with E-state index in [0.717, 1.165) is 27.4 Å². The lowest BCUT2D eigenvalue weighted by molar-refractivity contribution is 0.583. The van der Waals surface area contributed by atoms with E-state index < -0.39 is 0 Å². The largest absolute Gasteiger partial charge is 0.464 e. The average Bonchev–Trinajstić information content (AvgIpc) is 3.26. The first-order valence-corrected chi connectivity index (χ1v) is 7.85. The second kappa shape index (κ2) is 4.77. The summed E-state index contributed by atoms with van der Waals surface area (Å²) in [6, 6.07) is 6.32. The third-order valence-electron chi connectivity index (χ3n) is 3.05. The number of hydrogen-bond acceptors (Lipinski definition) is 4. The van der Waals surface area contributed by atoms with Crippen molar-refractivity contribution in [3.05, 3.63) is 53.0 Å². The van der Waals surface area contributed by atoms with Crippen LogP contribution in [-0.4, -0.2) is 9.97 Å². The first-order valence-electron chi connectivity index (χ1n) is 6.53. The summed E-state index contributed by atoms with van der Waals surface area (Å²) in [5.74, 6) is 0.715. The number of thiophene rings is 1. The highest BCUT2D eigenvalue weighted by Gasteiger charge is 2.17. The molecule has 5 heteroatoms. The Labute approximate surface area is 125 Å². The van der Waals surface area contributed by atoms with Gasteiger partial charge < -0.3 is 9.40 Å². The summed E-state index contributed by atoms with van der Waals surface area (Å²) in [7, 11) is 0. The van der Waals surface area contributed by atoms with Crippen LogP contribution in [0.25, 0.3) is 33.2 Å². The molecule has 0 atom stereocenters. The highest BCUT2D eigenvalue weighted by atomic mass is 32.1. The van der Waals surface area contributed by atoms with Crippen molar-refractivity contribution in [1.29, 1.82) is 0 Å². The number of thiazole rings is 1. The van der Waals surface area contributed by atoms with Gasteiger partial charge in [0.05, 0.1) is 23.7 Å². The van der Waals surface area contributed by atoms with Crippen LogP contribution < -0.4 is 0 Å². The van der Waals surface area contributed by atoms with E-state index in [0.29, 0.717) is 11.8 Å². The van der Waals surface area contributed by atoms with Gasteiger partial charge in [0.25, 0.3) is 0 Å². The average molecular weight is 299 g/mol. The van der Waals surface area contributed by atoms with E-state index >= 15 is 0 Å². The number of furan rings is 1. The van der Waals surface area contributed by atoms with E-state index in [9.17, 15) is 0 Å². The lowest BCUT2D eigenvalue weighted by atomic mass is 10.1. The van der Waals surface area contributed by atoms with Gasteiger partial charge in [0, 0.05) is 28.4 Å². The molecule has 0 unspecified atom stereocenters. The first kappa shape index (κ1) is 10.7. The summed E-state index contributed by atoms with van der Waals surface area (Å²) in [5.41, 5.74) is 5.45. The number of aromatic amines is 1. The number of rotatable bonds is 3. The highest BCUT2D eigenvalue weighted by molar-refractivity contribution is 7.14.